The van der Waals surface area contributed by atoms with Crippen LogP contribution in [0.15, 0.2) is 54.6 Å². The topological polar surface area (TPSA) is 58.6 Å². The first kappa shape index (κ1) is 17.5. The van der Waals surface area contributed by atoms with E-state index in [1.165, 1.54) is 6.92 Å². The lowest BCUT2D eigenvalue weighted by atomic mass is 10.2. The molecule has 24 heavy (non-hydrogen) atoms. The van der Waals surface area contributed by atoms with Crippen LogP contribution in [0, 0.1) is 0 Å². The van der Waals surface area contributed by atoms with Gasteiger partial charge in [0, 0.05) is 26.2 Å². The zero-order valence-electron chi connectivity index (χ0n) is 14.2. The predicted molar refractivity (Wildman–Crippen MR) is 93.8 cm³/mol. The predicted octanol–water partition coefficient (Wildman–Crippen LogP) is 3.07. The minimum Gasteiger partial charge on any atom is -0.481 e. The minimum atomic E-state index is -0.592. The molecule has 126 valence electrons. The van der Waals surface area contributed by atoms with Crippen molar-refractivity contribution >= 4 is 17.5 Å². The Morgan fingerprint density at radius 2 is 1.71 bits per heavy atom. The normalized spacial score (nSPS) is 11.5. The van der Waals surface area contributed by atoms with Gasteiger partial charge in [0.2, 0.25) is 5.91 Å². The van der Waals surface area contributed by atoms with E-state index in [0.29, 0.717) is 18.0 Å². The van der Waals surface area contributed by atoms with Crippen LogP contribution in [0.1, 0.15) is 19.4 Å². The number of nitrogens with zero attached hydrogens (tertiary/aromatic N) is 1. The van der Waals surface area contributed by atoms with Gasteiger partial charge in [0.05, 0.1) is 0 Å². The van der Waals surface area contributed by atoms with Crippen molar-refractivity contribution < 1.29 is 14.3 Å². The lowest BCUT2D eigenvalue weighted by Crippen LogP contribution is -2.37. The van der Waals surface area contributed by atoms with Gasteiger partial charge in [0.1, 0.15) is 5.75 Å². The Labute approximate surface area is 142 Å². The van der Waals surface area contributed by atoms with Crippen molar-refractivity contribution in [3.05, 3.63) is 60.2 Å². The van der Waals surface area contributed by atoms with Crippen LogP contribution in [0.3, 0.4) is 0 Å². The number of carbonyl (C=O) groups excluding carboxylic acids is 2. The van der Waals surface area contributed by atoms with E-state index >= 15 is 0 Å². The molecule has 1 atom stereocenters. The second-order valence-electron chi connectivity index (χ2n) is 5.65. The van der Waals surface area contributed by atoms with Crippen molar-refractivity contribution in [2.24, 2.45) is 0 Å². The van der Waals surface area contributed by atoms with E-state index in [4.69, 9.17) is 4.74 Å². The molecule has 2 aromatic rings. The molecule has 0 bridgehead atoms. The highest BCUT2D eigenvalue weighted by molar-refractivity contribution is 5.88. The van der Waals surface area contributed by atoms with Gasteiger partial charge in [-0.15, -0.1) is 0 Å². The van der Waals surface area contributed by atoms with Crippen molar-refractivity contribution in [3.63, 3.8) is 0 Å². The van der Waals surface area contributed by atoms with Gasteiger partial charge in [-0.1, -0.05) is 30.3 Å². The van der Waals surface area contributed by atoms with Crippen molar-refractivity contribution in [2.45, 2.75) is 26.5 Å². The molecule has 2 amide bonds. The standard InChI is InChI=1S/C19H22N2O3/c1-14(19(23)21(3)13-16-7-5-4-6-8-16)24-18-11-9-17(10-12-18)20-15(2)22/h4-12,14H,13H2,1-3H3,(H,20,22)/t14-/m0/s1. The van der Waals surface area contributed by atoms with E-state index in [0.717, 1.165) is 5.56 Å². The van der Waals surface area contributed by atoms with Gasteiger partial charge in [-0.05, 0) is 36.8 Å². The number of nitrogens with one attached hydrogen (secondary N) is 1. The molecule has 0 heterocycles. The molecule has 0 radical (unpaired) electrons. The fourth-order valence-electron chi connectivity index (χ4n) is 2.32. The second kappa shape index (κ2) is 8.15. The Hall–Kier alpha value is -2.82. The second-order valence-corrected chi connectivity index (χ2v) is 5.65. The van der Waals surface area contributed by atoms with Gasteiger partial charge in [-0.2, -0.15) is 0 Å². The SMILES string of the molecule is CC(=O)Nc1ccc(O[C@@H](C)C(=O)N(C)Cc2ccccc2)cc1. The van der Waals surface area contributed by atoms with Crippen molar-refractivity contribution in [1.82, 2.24) is 4.90 Å². The Morgan fingerprint density at radius 1 is 1.08 bits per heavy atom. The molecule has 2 rings (SSSR count). The molecular weight excluding hydrogens is 304 g/mol. The number of anilines is 1. The lowest BCUT2D eigenvalue weighted by molar-refractivity contribution is -0.137. The van der Waals surface area contributed by atoms with E-state index in [1.807, 2.05) is 30.3 Å². The van der Waals surface area contributed by atoms with E-state index in [1.54, 1.807) is 43.1 Å². The monoisotopic (exact) mass is 326 g/mol. The van der Waals surface area contributed by atoms with Crippen LogP contribution < -0.4 is 10.1 Å². The van der Waals surface area contributed by atoms with Crippen molar-refractivity contribution in [2.75, 3.05) is 12.4 Å². The minimum absolute atomic E-state index is 0.0928. The highest BCUT2D eigenvalue weighted by Crippen LogP contribution is 2.17. The average Bonchev–Trinajstić information content (AvgIpc) is 2.56. The third-order valence-corrected chi connectivity index (χ3v) is 3.47. The first-order chi connectivity index (χ1) is 11.5. The third kappa shape index (κ3) is 5.12. The van der Waals surface area contributed by atoms with Crippen LogP contribution in [0.2, 0.25) is 0 Å². The van der Waals surface area contributed by atoms with E-state index in [-0.39, 0.29) is 11.8 Å². The fraction of sp³-hybridized carbons (Fsp3) is 0.263. The van der Waals surface area contributed by atoms with Crippen LogP contribution in [-0.2, 0) is 16.1 Å². The number of hydrogen-bond donors (Lipinski definition) is 1. The molecule has 0 spiro atoms. The zero-order valence-corrected chi connectivity index (χ0v) is 14.2. The average molecular weight is 326 g/mol. The molecular formula is C19H22N2O3. The maximum Gasteiger partial charge on any atom is 0.263 e. The first-order valence-corrected chi connectivity index (χ1v) is 7.79. The molecule has 2 aromatic carbocycles. The smallest absolute Gasteiger partial charge is 0.263 e. The summed E-state index contributed by atoms with van der Waals surface area (Å²) in [6, 6.07) is 16.7. The molecule has 0 saturated carbocycles. The van der Waals surface area contributed by atoms with Crippen molar-refractivity contribution in [3.8, 4) is 5.75 Å². The number of amides is 2. The number of rotatable bonds is 6. The van der Waals surface area contributed by atoms with Crippen LogP contribution in [0.5, 0.6) is 5.75 Å². The molecule has 0 aliphatic heterocycles. The van der Waals surface area contributed by atoms with E-state index in [9.17, 15) is 9.59 Å². The number of ether oxygens (including phenoxy) is 1. The van der Waals surface area contributed by atoms with Gasteiger partial charge in [0.15, 0.2) is 6.10 Å². The quantitative estimate of drug-likeness (QED) is 0.887. The van der Waals surface area contributed by atoms with Gasteiger partial charge in [-0.3, -0.25) is 9.59 Å². The molecule has 0 aromatic heterocycles. The maximum absolute atomic E-state index is 12.4. The largest absolute Gasteiger partial charge is 0.481 e. The molecule has 0 aliphatic carbocycles. The Morgan fingerprint density at radius 3 is 2.29 bits per heavy atom. The molecule has 0 aliphatic rings. The number of hydrogen-bond acceptors (Lipinski definition) is 3. The summed E-state index contributed by atoms with van der Waals surface area (Å²) in [5.41, 5.74) is 1.76. The summed E-state index contributed by atoms with van der Waals surface area (Å²) in [7, 11) is 1.76. The highest BCUT2D eigenvalue weighted by Gasteiger charge is 2.19. The Bertz CT molecular complexity index is 684. The maximum atomic E-state index is 12.4. The summed E-state index contributed by atoms with van der Waals surface area (Å²) in [4.78, 5) is 25.1. The fourth-order valence-corrected chi connectivity index (χ4v) is 2.32. The summed E-state index contributed by atoms with van der Waals surface area (Å²) >= 11 is 0. The molecule has 0 fully saturated rings. The van der Waals surface area contributed by atoms with Gasteiger partial charge < -0.3 is 15.0 Å². The van der Waals surface area contributed by atoms with Crippen LogP contribution in [-0.4, -0.2) is 29.9 Å². The number of benzene rings is 2. The molecule has 0 unspecified atom stereocenters. The molecule has 0 saturated heterocycles. The summed E-state index contributed by atoms with van der Waals surface area (Å²) in [5, 5.41) is 2.68. The first-order valence-electron chi connectivity index (χ1n) is 7.79. The molecule has 1 N–H and O–H groups in total. The van der Waals surface area contributed by atoms with E-state index < -0.39 is 6.10 Å². The van der Waals surface area contributed by atoms with Gasteiger partial charge in [0.25, 0.3) is 5.91 Å². The van der Waals surface area contributed by atoms with E-state index in [2.05, 4.69) is 5.32 Å². The number of likely N-dealkylation sites (N-methyl/N-ethyl adjacent to an activating group) is 1. The van der Waals surface area contributed by atoms with Gasteiger partial charge in [-0.25, -0.2) is 0 Å². The number of carbonyl (C=O) groups is 2. The van der Waals surface area contributed by atoms with Crippen LogP contribution in [0.25, 0.3) is 0 Å². The zero-order chi connectivity index (χ0) is 17.5. The van der Waals surface area contributed by atoms with Gasteiger partial charge >= 0.3 is 0 Å². The summed E-state index contributed by atoms with van der Waals surface area (Å²) in [5.74, 6) is 0.359. The third-order valence-electron chi connectivity index (χ3n) is 3.47. The van der Waals surface area contributed by atoms with Crippen molar-refractivity contribution in [1.29, 1.82) is 0 Å². The van der Waals surface area contributed by atoms with Crippen LogP contribution >= 0.6 is 0 Å². The summed E-state index contributed by atoms with van der Waals surface area (Å²) < 4.78 is 5.69. The highest BCUT2D eigenvalue weighted by atomic mass is 16.5. The van der Waals surface area contributed by atoms with Crippen LogP contribution in [0.4, 0.5) is 5.69 Å². The molecule has 5 heteroatoms. The molecule has 5 nitrogen and oxygen atoms in total. The Balaban J connectivity index is 1.92. The summed E-state index contributed by atoms with van der Waals surface area (Å²) in [6.07, 6.45) is -0.592. The summed E-state index contributed by atoms with van der Waals surface area (Å²) in [6.45, 7) is 3.72. The Kier molecular flexibility index (Phi) is 5.95. The lowest BCUT2D eigenvalue weighted by Gasteiger charge is -2.22.